The van der Waals surface area contributed by atoms with E-state index in [1.54, 1.807) is 70.1 Å². The fraction of sp³-hybridized carbons (Fsp3) is 0.222. The molecule has 0 radical (unpaired) electrons. The minimum Gasteiger partial charge on any atom is -0.493 e. The van der Waals surface area contributed by atoms with Gasteiger partial charge < -0.3 is 30.0 Å². The first-order chi connectivity index (χ1) is 19.4. The highest BCUT2D eigenvalue weighted by atomic mass is 32.1. The van der Waals surface area contributed by atoms with Crippen molar-refractivity contribution in [3.8, 4) is 28.0 Å². The summed E-state index contributed by atoms with van der Waals surface area (Å²) < 4.78 is 24.1. The number of fused-ring (bicyclic) bond motifs is 1. The van der Waals surface area contributed by atoms with Gasteiger partial charge in [-0.2, -0.15) is 5.10 Å². The second-order valence-electron chi connectivity index (χ2n) is 7.97. The number of nitrogen functional groups attached to an aromatic ring is 1. The van der Waals surface area contributed by atoms with Crippen LogP contribution >= 0.6 is 11.3 Å². The van der Waals surface area contributed by atoms with Crippen molar-refractivity contribution in [2.45, 2.75) is 20.8 Å². The molecule has 4 aromatic rings. The van der Waals surface area contributed by atoms with Crippen molar-refractivity contribution in [2.75, 3.05) is 26.6 Å². The van der Waals surface area contributed by atoms with Crippen molar-refractivity contribution in [2.24, 2.45) is 4.99 Å². The average molecular weight is 564 g/mol. The van der Waals surface area contributed by atoms with Crippen molar-refractivity contribution in [1.82, 2.24) is 25.1 Å². The second kappa shape index (κ2) is 12.8. The first-order valence-electron chi connectivity index (χ1n) is 12.2. The number of nitrogens with two attached hydrogens (primary N) is 1. The van der Waals surface area contributed by atoms with Gasteiger partial charge in [0.05, 0.1) is 45.0 Å². The quantitative estimate of drug-likeness (QED) is 0.198. The van der Waals surface area contributed by atoms with Crippen molar-refractivity contribution in [3.63, 3.8) is 0 Å². The van der Waals surface area contributed by atoms with Crippen LogP contribution in [0.5, 0.6) is 23.0 Å². The number of allylic oxidation sites excluding steroid dienone is 3. The van der Waals surface area contributed by atoms with Gasteiger partial charge >= 0.3 is 0 Å². The number of carbonyl (C=O) groups excluding carboxylic acids is 1. The van der Waals surface area contributed by atoms with Crippen LogP contribution in [0.25, 0.3) is 15.9 Å². The number of nitrogens with zero attached hydrogens (tertiary/aromatic N) is 5. The molecule has 0 saturated carbocycles. The molecule has 208 valence electrons. The number of carbonyl (C=O) groups is 1. The lowest BCUT2D eigenvalue weighted by molar-refractivity contribution is 0.0956. The number of nitrogens with one attached hydrogen (secondary N) is 1. The molecular weight excluding hydrogens is 534 g/mol. The van der Waals surface area contributed by atoms with Gasteiger partial charge in [-0.05, 0) is 45.1 Å². The van der Waals surface area contributed by atoms with Gasteiger partial charge in [-0.3, -0.25) is 9.78 Å². The molecule has 0 unspecified atom stereocenters. The lowest BCUT2D eigenvalue weighted by Crippen LogP contribution is -2.23. The van der Waals surface area contributed by atoms with Crippen LogP contribution in [0.3, 0.4) is 0 Å². The number of methoxy groups -OCH3 is 2. The molecule has 4 rings (SSSR count). The van der Waals surface area contributed by atoms with Crippen LogP contribution in [0.4, 0.5) is 5.13 Å². The minimum absolute atomic E-state index is 0.0958. The summed E-state index contributed by atoms with van der Waals surface area (Å²) in [5, 5.41) is 8.91. The Balaban J connectivity index is 1.52. The summed E-state index contributed by atoms with van der Waals surface area (Å²) in [6, 6.07) is 5.32. The van der Waals surface area contributed by atoms with Crippen molar-refractivity contribution < 1.29 is 23.7 Å². The fourth-order valence-corrected chi connectivity index (χ4v) is 4.20. The van der Waals surface area contributed by atoms with Crippen LogP contribution in [-0.4, -0.2) is 52.7 Å². The molecule has 13 heteroatoms. The van der Waals surface area contributed by atoms with Gasteiger partial charge in [-0.1, -0.05) is 11.3 Å². The summed E-state index contributed by atoms with van der Waals surface area (Å²) in [5.74, 6) is 2.22. The normalized spacial score (nSPS) is 12.1. The Labute approximate surface area is 234 Å². The van der Waals surface area contributed by atoms with Gasteiger partial charge in [0.1, 0.15) is 22.3 Å². The Morgan fingerprint density at radius 2 is 1.90 bits per heavy atom. The van der Waals surface area contributed by atoms with E-state index >= 15 is 0 Å². The van der Waals surface area contributed by atoms with Gasteiger partial charge in [0.2, 0.25) is 0 Å². The maximum Gasteiger partial charge on any atom is 0.281 e. The van der Waals surface area contributed by atoms with Gasteiger partial charge in [0, 0.05) is 17.6 Å². The topological polar surface area (TPSA) is 148 Å². The first-order valence-corrected chi connectivity index (χ1v) is 13.0. The van der Waals surface area contributed by atoms with Gasteiger partial charge in [-0.25, -0.2) is 14.7 Å². The fourth-order valence-electron chi connectivity index (χ4n) is 3.58. The van der Waals surface area contributed by atoms with E-state index < -0.39 is 5.91 Å². The third-order valence-electron chi connectivity index (χ3n) is 5.50. The molecule has 40 heavy (non-hydrogen) atoms. The summed E-state index contributed by atoms with van der Waals surface area (Å²) in [6.45, 7) is 5.75. The average Bonchev–Trinajstić information content (AvgIpc) is 3.60. The molecule has 0 aliphatic carbocycles. The number of hydrogen-bond donors (Lipinski definition) is 2. The Morgan fingerprint density at radius 3 is 2.55 bits per heavy atom. The van der Waals surface area contributed by atoms with E-state index in [-0.39, 0.29) is 11.5 Å². The monoisotopic (exact) mass is 563 g/mol. The minimum atomic E-state index is -0.492. The predicted molar refractivity (Wildman–Crippen MR) is 154 cm³/mol. The molecular formula is C27H29N7O5S. The highest BCUT2D eigenvalue weighted by Crippen LogP contribution is 2.35. The number of thiazole rings is 1. The highest BCUT2D eigenvalue weighted by molar-refractivity contribution is 7.17. The molecule has 3 N–H and O–H groups in total. The molecule has 1 aromatic carbocycles. The van der Waals surface area contributed by atoms with Crippen LogP contribution in [0.1, 0.15) is 31.3 Å². The Hall–Kier alpha value is -4.91. The van der Waals surface area contributed by atoms with E-state index in [0.29, 0.717) is 51.0 Å². The third kappa shape index (κ3) is 6.21. The van der Waals surface area contributed by atoms with E-state index in [1.165, 1.54) is 22.2 Å². The van der Waals surface area contributed by atoms with Crippen molar-refractivity contribution in [1.29, 1.82) is 0 Å². The summed E-state index contributed by atoms with van der Waals surface area (Å²) >= 11 is 1.24. The van der Waals surface area contributed by atoms with Crippen LogP contribution in [0, 0.1) is 0 Å². The Bertz CT molecular complexity index is 1610. The number of aliphatic imine (C=N–C) groups is 1. The van der Waals surface area contributed by atoms with E-state index in [2.05, 4.69) is 25.4 Å². The van der Waals surface area contributed by atoms with Crippen LogP contribution in [0.2, 0.25) is 0 Å². The SMILES string of the molecule is C\C=C(/N=C\C(=C/C)Oc1ccnc2cc(OC)c(OC)cc12)NC(=O)c1nn(-c2cnc(N)s2)cc1OCC. The Morgan fingerprint density at radius 1 is 1.12 bits per heavy atom. The number of pyridine rings is 1. The van der Waals surface area contributed by atoms with E-state index in [9.17, 15) is 4.79 Å². The van der Waals surface area contributed by atoms with Crippen molar-refractivity contribution >= 4 is 39.5 Å². The predicted octanol–water partition coefficient (Wildman–Crippen LogP) is 4.52. The molecule has 0 fully saturated rings. The zero-order chi connectivity index (χ0) is 28.6. The van der Waals surface area contributed by atoms with Gasteiger partial charge in [0.25, 0.3) is 5.91 Å². The zero-order valence-electron chi connectivity index (χ0n) is 22.7. The van der Waals surface area contributed by atoms with Crippen LogP contribution in [-0.2, 0) is 0 Å². The molecule has 0 saturated heterocycles. The van der Waals surface area contributed by atoms with Gasteiger partial charge in [0.15, 0.2) is 28.1 Å². The molecule has 0 bridgehead atoms. The molecule has 0 aliphatic heterocycles. The third-order valence-corrected chi connectivity index (χ3v) is 6.31. The maximum atomic E-state index is 13.1. The number of aromatic nitrogens is 4. The molecule has 3 aromatic heterocycles. The molecule has 0 aliphatic rings. The highest BCUT2D eigenvalue weighted by Gasteiger charge is 2.20. The van der Waals surface area contributed by atoms with Crippen molar-refractivity contribution in [3.05, 3.63) is 66.2 Å². The van der Waals surface area contributed by atoms with Crippen LogP contribution < -0.4 is 30.0 Å². The lowest BCUT2D eigenvalue weighted by Gasteiger charge is -2.12. The number of benzene rings is 1. The summed E-state index contributed by atoms with van der Waals surface area (Å²) in [6.07, 6.45) is 9.73. The maximum absolute atomic E-state index is 13.1. The van der Waals surface area contributed by atoms with E-state index in [1.807, 2.05) is 13.8 Å². The standard InChI is InChI=1S/C27H29N7O5S/c1-6-16(39-19-9-10-29-18-12-21(37-5)20(36-4)11-17(18)19)13-30-23(7-2)32-26(35)25-22(38-8-3)15-34(33-25)24-14-31-27(28)40-24/h6-7,9-15H,8H2,1-5H3,(H2,28,31)(H,32,35)/b16-6+,23-7+,30-13-. The molecule has 1 amide bonds. The van der Waals surface area contributed by atoms with Gasteiger partial charge in [-0.15, -0.1) is 0 Å². The summed E-state index contributed by atoms with van der Waals surface area (Å²) in [7, 11) is 3.13. The summed E-state index contributed by atoms with van der Waals surface area (Å²) in [5.41, 5.74) is 6.51. The number of anilines is 1. The molecule has 12 nitrogen and oxygen atoms in total. The second-order valence-corrected chi connectivity index (χ2v) is 9.01. The molecule has 0 spiro atoms. The number of ether oxygens (including phenoxy) is 4. The number of amides is 1. The Kier molecular flexibility index (Phi) is 8.96. The number of hydrogen-bond acceptors (Lipinski definition) is 11. The van der Waals surface area contributed by atoms with Crippen LogP contribution in [0.15, 0.2) is 65.5 Å². The number of rotatable bonds is 11. The van der Waals surface area contributed by atoms with E-state index in [4.69, 9.17) is 24.7 Å². The van der Waals surface area contributed by atoms with E-state index in [0.717, 1.165) is 5.39 Å². The smallest absolute Gasteiger partial charge is 0.281 e. The lowest BCUT2D eigenvalue weighted by atomic mass is 10.2. The largest absolute Gasteiger partial charge is 0.493 e. The molecule has 0 atom stereocenters. The summed E-state index contributed by atoms with van der Waals surface area (Å²) in [4.78, 5) is 26.0. The first kappa shape index (κ1) is 28.1. The zero-order valence-corrected chi connectivity index (χ0v) is 23.5. The molecule has 3 heterocycles.